The first-order chi connectivity index (χ1) is 9.58. The third-order valence-electron chi connectivity index (χ3n) is 2.32. The van der Waals surface area contributed by atoms with Crippen molar-refractivity contribution in [3.05, 3.63) is 39.3 Å². The number of hydrogen-bond donors (Lipinski definition) is 1. The molecule has 1 N–H and O–H groups in total. The van der Waals surface area contributed by atoms with Gasteiger partial charge in [-0.1, -0.05) is 27.3 Å². The Balaban J connectivity index is 2.01. The number of carbonyl (C=O) groups excluding carboxylic acids is 2. The van der Waals surface area contributed by atoms with Gasteiger partial charge < -0.3 is 4.74 Å². The molecule has 0 aliphatic carbocycles. The summed E-state index contributed by atoms with van der Waals surface area (Å²) < 4.78 is 5.43. The first kappa shape index (κ1) is 14.6. The van der Waals surface area contributed by atoms with E-state index in [0.29, 0.717) is 15.7 Å². The maximum Gasteiger partial charge on any atom is 0.312 e. The zero-order valence-corrected chi connectivity index (χ0v) is 12.8. The van der Waals surface area contributed by atoms with Crippen LogP contribution in [0.4, 0.5) is 5.13 Å². The summed E-state index contributed by atoms with van der Waals surface area (Å²) in [6.45, 7) is 0. The molecule has 6 nitrogen and oxygen atoms in total. The SMILES string of the molecule is COC(=O)Cc1nnc(NC(=O)c2ccc(Br)cc2)s1. The van der Waals surface area contributed by atoms with Crippen LogP contribution < -0.4 is 5.32 Å². The molecule has 20 heavy (non-hydrogen) atoms. The lowest BCUT2D eigenvalue weighted by Gasteiger charge is -2.00. The third-order valence-corrected chi connectivity index (χ3v) is 3.68. The largest absolute Gasteiger partial charge is 0.469 e. The van der Waals surface area contributed by atoms with E-state index in [1.165, 1.54) is 7.11 Å². The quantitative estimate of drug-likeness (QED) is 0.850. The summed E-state index contributed by atoms with van der Waals surface area (Å²) in [4.78, 5) is 23.0. The van der Waals surface area contributed by atoms with E-state index in [9.17, 15) is 9.59 Å². The minimum absolute atomic E-state index is 0.0440. The second-order valence-electron chi connectivity index (χ2n) is 3.71. The normalized spacial score (nSPS) is 10.1. The maximum atomic E-state index is 11.9. The van der Waals surface area contributed by atoms with Crippen LogP contribution in [-0.2, 0) is 16.0 Å². The number of aromatic nitrogens is 2. The van der Waals surface area contributed by atoms with E-state index in [-0.39, 0.29) is 12.3 Å². The molecule has 1 aromatic carbocycles. The molecule has 2 aromatic rings. The number of benzene rings is 1. The van der Waals surface area contributed by atoms with E-state index >= 15 is 0 Å². The van der Waals surface area contributed by atoms with Gasteiger partial charge in [0, 0.05) is 10.0 Å². The summed E-state index contributed by atoms with van der Waals surface area (Å²) in [5.41, 5.74) is 0.512. The monoisotopic (exact) mass is 355 g/mol. The van der Waals surface area contributed by atoms with Crippen molar-refractivity contribution in [1.29, 1.82) is 0 Å². The van der Waals surface area contributed by atoms with Crippen LogP contribution in [0.25, 0.3) is 0 Å². The number of esters is 1. The molecule has 0 atom stereocenters. The summed E-state index contributed by atoms with van der Waals surface area (Å²) in [6, 6.07) is 6.93. The van der Waals surface area contributed by atoms with E-state index in [2.05, 4.69) is 36.2 Å². The van der Waals surface area contributed by atoms with Gasteiger partial charge in [-0.25, -0.2) is 0 Å². The van der Waals surface area contributed by atoms with Crippen LogP contribution in [-0.4, -0.2) is 29.2 Å². The van der Waals surface area contributed by atoms with Gasteiger partial charge in [-0.2, -0.15) is 0 Å². The fourth-order valence-electron chi connectivity index (χ4n) is 1.34. The molecule has 2 rings (SSSR count). The molecule has 1 amide bonds. The zero-order chi connectivity index (χ0) is 14.5. The van der Waals surface area contributed by atoms with Crippen molar-refractivity contribution in [2.24, 2.45) is 0 Å². The number of ether oxygens (including phenoxy) is 1. The summed E-state index contributed by atoms with van der Waals surface area (Å²) in [5, 5.41) is 11.1. The van der Waals surface area contributed by atoms with Crippen LogP contribution >= 0.6 is 27.3 Å². The van der Waals surface area contributed by atoms with Crippen molar-refractivity contribution < 1.29 is 14.3 Å². The second-order valence-corrected chi connectivity index (χ2v) is 5.69. The fraction of sp³-hybridized carbons (Fsp3) is 0.167. The molecule has 8 heteroatoms. The van der Waals surface area contributed by atoms with Gasteiger partial charge in [-0.05, 0) is 24.3 Å². The maximum absolute atomic E-state index is 11.9. The van der Waals surface area contributed by atoms with E-state index in [0.717, 1.165) is 15.8 Å². The lowest BCUT2D eigenvalue weighted by atomic mass is 10.2. The molecule has 1 aromatic heterocycles. The molecular weight excluding hydrogens is 346 g/mol. The number of carbonyl (C=O) groups is 2. The van der Waals surface area contributed by atoms with Gasteiger partial charge in [0.25, 0.3) is 5.91 Å². The Morgan fingerprint density at radius 3 is 2.65 bits per heavy atom. The van der Waals surface area contributed by atoms with Crippen molar-refractivity contribution in [2.75, 3.05) is 12.4 Å². The molecule has 0 bridgehead atoms. The fourth-order valence-corrected chi connectivity index (χ4v) is 2.33. The second kappa shape index (κ2) is 6.58. The number of nitrogens with one attached hydrogen (secondary N) is 1. The van der Waals surface area contributed by atoms with Crippen molar-refractivity contribution in [1.82, 2.24) is 10.2 Å². The van der Waals surface area contributed by atoms with Crippen molar-refractivity contribution in [2.45, 2.75) is 6.42 Å². The number of hydrogen-bond acceptors (Lipinski definition) is 6. The molecule has 0 fully saturated rings. The predicted molar refractivity (Wildman–Crippen MR) is 77.7 cm³/mol. The molecule has 0 radical (unpaired) electrons. The van der Waals surface area contributed by atoms with Crippen LogP contribution in [0.2, 0.25) is 0 Å². The highest BCUT2D eigenvalue weighted by Gasteiger charge is 2.12. The standard InChI is InChI=1S/C12H10BrN3O3S/c1-19-10(17)6-9-15-16-12(20-9)14-11(18)7-2-4-8(13)5-3-7/h2-5H,6H2,1H3,(H,14,16,18). The predicted octanol–water partition coefficient (Wildman–Crippen LogP) is 2.27. The van der Waals surface area contributed by atoms with Gasteiger partial charge in [0.05, 0.1) is 13.5 Å². The van der Waals surface area contributed by atoms with E-state index in [4.69, 9.17) is 0 Å². The van der Waals surface area contributed by atoms with E-state index in [1.54, 1.807) is 24.3 Å². The van der Waals surface area contributed by atoms with Crippen LogP contribution in [0.1, 0.15) is 15.4 Å². The van der Waals surface area contributed by atoms with E-state index < -0.39 is 5.97 Å². The Morgan fingerprint density at radius 2 is 2.00 bits per heavy atom. The Bertz CT molecular complexity index is 627. The molecule has 0 spiro atoms. The summed E-state index contributed by atoms with van der Waals surface area (Å²) in [7, 11) is 1.31. The van der Waals surface area contributed by atoms with Crippen molar-refractivity contribution in [3.8, 4) is 0 Å². The molecule has 1 heterocycles. The van der Waals surface area contributed by atoms with Crippen LogP contribution in [0.3, 0.4) is 0 Å². The first-order valence-electron chi connectivity index (χ1n) is 5.54. The Kier molecular flexibility index (Phi) is 4.80. The van der Waals surface area contributed by atoms with E-state index in [1.807, 2.05) is 0 Å². The van der Waals surface area contributed by atoms with Crippen molar-refractivity contribution in [3.63, 3.8) is 0 Å². The number of halogens is 1. The van der Waals surface area contributed by atoms with Gasteiger partial charge in [0.15, 0.2) is 0 Å². The Labute approximate surface area is 127 Å². The van der Waals surface area contributed by atoms with Crippen molar-refractivity contribution >= 4 is 44.3 Å². The van der Waals surface area contributed by atoms with Crippen LogP contribution in [0.15, 0.2) is 28.7 Å². The van der Waals surface area contributed by atoms with Gasteiger partial charge in [-0.3, -0.25) is 14.9 Å². The van der Waals surface area contributed by atoms with Crippen LogP contribution in [0, 0.1) is 0 Å². The van der Waals surface area contributed by atoms with Gasteiger partial charge >= 0.3 is 5.97 Å². The Morgan fingerprint density at radius 1 is 1.30 bits per heavy atom. The Hall–Kier alpha value is -1.80. The first-order valence-corrected chi connectivity index (χ1v) is 7.15. The molecule has 0 aliphatic rings. The number of anilines is 1. The van der Waals surface area contributed by atoms with Gasteiger partial charge in [-0.15, -0.1) is 10.2 Å². The molecule has 104 valence electrons. The smallest absolute Gasteiger partial charge is 0.312 e. The number of amides is 1. The van der Waals surface area contributed by atoms with Gasteiger partial charge in [0.1, 0.15) is 5.01 Å². The highest BCUT2D eigenvalue weighted by molar-refractivity contribution is 9.10. The minimum Gasteiger partial charge on any atom is -0.469 e. The lowest BCUT2D eigenvalue weighted by Crippen LogP contribution is -2.11. The lowest BCUT2D eigenvalue weighted by molar-refractivity contribution is -0.139. The average molecular weight is 356 g/mol. The molecule has 0 unspecified atom stereocenters. The topological polar surface area (TPSA) is 81.2 Å². The molecule has 0 saturated heterocycles. The molecule has 0 aliphatic heterocycles. The number of methoxy groups -OCH3 is 1. The van der Waals surface area contributed by atoms with Crippen LogP contribution in [0.5, 0.6) is 0 Å². The number of rotatable bonds is 4. The number of nitrogens with zero attached hydrogens (tertiary/aromatic N) is 2. The molecule has 0 saturated carbocycles. The summed E-state index contributed by atoms with van der Waals surface area (Å²) >= 11 is 4.44. The highest BCUT2D eigenvalue weighted by atomic mass is 79.9. The summed E-state index contributed by atoms with van der Waals surface area (Å²) in [6.07, 6.45) is 0.0440. The summed E-state index contributed by atoms with van der Waals surface area (Å²) in [5.74, 6) is -0.676. The van der Waals surface area contributed by atoms with Gasteiger partial charge in [0.2, 0.25) is 5.13 Å². The minimum atomic E-state index is -0.396. The zero-order valence-electron chi connectivity index (χ0n) is 10.4. The highest BCUT2D eigenvalue weighted by Crippen LogP contribution is 2.17. The average Bonchev–Trinajstić information content (AvgIpc) is 2.86. The third kappa shape index (κ3) is 3.84. The molecular formula is C12H10BrN3O3S.